The Hall–Kier alpha value is 0.440. The smallest absolute Gasteiger partial charge is 0.767 e. The third-order valence-corrected chi connectivity index (χ3v) is 3.81. The van der Waals surface area contributed by atoms with E-state index in [1.807, 2.05) is 24.3 Å². The summed E-state index contributed by atoms with van der Waals surface area (Å²) in [6.45, 7) is 0. The summed E-state index contributed by atoms with van der Waals surface area (Å²) in [7, 11) is 0. The van der Waals surface area contributed by atoms with Gasteiger partial charge in [0.25, 0.3) is 0 Å². The second-order valence-electron chi connectivity index (χ2n) is 2.74. The number of hydrogen-bond donors (Lipinski definition) is 0. The molecule has 0 bridgehead atoms. The SMILES string of the molecule is O=S([O-])c1csc(-c2cccc(Br)c2)n1.[Na+]. The molecule has 2 aromatic rings. The van der Waals surface area contributed by atoms with Gasteiger partial charge in [-0.3, -0.25) is 4.21 Å². The quantitative estimate of drug-likeness (QED) is 0.568. The van der Waals surface area contributed by atoms with Crippen molar-refractivity contribution in [3.05, 3.63) is 34.1 Å². The van der Waals surface area contributed by atoms with Crippen LogP contribution in [0.15, 0.2) is 39.1 Å². The number of halogens is 1. The van der Waals surface area contributed by atoms with Gasteiger partial charge in [-0.2, -0.15) is 0 Å². The molecule has 0 spiro atoms. The second kappa shape index (κ2) is 6.39. The van der Waals surface area contributed by atoms with Gasteiger partial charge in [-0.25, -0.2) is 4.98 Å². The molecular weight excluding hydrogens is 321 g/mol. The Labute approximate surface area is 130 Å². The minimum absolute atomic E-state index is 0. The molecule has 0 radical (unpaired) electrons. The molecule has 7 heteroatoms. The van der Waals surface area contributed by atoms with E-state index in [0.29, 0.717) is 5.01 Å². The van der Waals surface area contributed by atoms with Crippen LogP contribution in [0.3, 0.4) is 0 Å². The summed E-state index contributed by atoms with van der Waals surface area (Å²) in [5, 5.41) is 2.32. The standard InChI is InChI=1S/C9H6BrNO2S2.Na/c10-7-3-1-2-6(4-7)9-11-8(5-14-9)15(12)13;/h1-5H,(H,12,13);/q;+1/p-1. The fraction of sp³-hybridized carbons (Fsp3) is 0. The summed E-state index contributed by atoms with van der Waals surface area (Å²) in [5.41, 5.74) is 0.908. The van der Waals surface area contributed by atoms with Gasteiger partial charge in [-0.1, -0.05) is 28.1 Å². The van der Waals surface area contributed by atoms with Crippen LogP contribution >= 0.6 is 27.3 Å². The van der Waals surface area contributed by atoms with Crippen LogP contribution < -0.4 is 29.6 Å². The Morgan fingerprint density at radius 2 is 2.19 bits per heavy atom. The van der Waals surface area contributed by atoms with Gasteiger partial charge in [0, 0.05) is 15.4 Å². The van der Waals surface area contributed by atoms with E-state index in [-0.39, 0.29) is 34.6 Å². The molecular formula is C9H5BrNNaO2S2. The van der Waals surface area contributed by atoms with Crippen molar-refractivity contribution in [3.63, 3.8) is 0 Å². The van der Waals surface area contributed by atoms with Crippen molar-refractivity contribution in [1.82, 2.24) is 4.98 Å². The van der Waals surface area contributed by atoms with E-state index >= 15 is 0 Å². The Kier molecular flexibility index (Phi) is 5.79. The zero-order chi connectivity index (χ0) is 10.8. The number of nitrogens with zero attached hydrogens (tertiary/aromatic N) is 1. The molecule has 1 unspecified atom stereocenters. The van der Waals surface area contributed by atoms with E-state index in [0.717, 1.165) is 10.0 Å². The van der Waals surface area contributed by atoms with E-state index in [1.165, 1.54) is 16.7 Å². The molecule has 0 saturated carbocycles. The molecule has 3 nitrogen and oxygen atoms in total. The van der Waals surface area contributed by atoms with Crippen LogP contribution in [0.2, 0.25) is 0 Å². The van der Waals surface area contributed by atoms with Crippen molar-refractivity contribution in [2.24, 2.45) is 0 Å². The van der Waals surface area contributed by atoms with Gasteiger partial charge < -0.3 is 4.55 Å². The Balaban J connectivity index is 0.00000128. The maximum Gasteiger partial charge on any atom is 1.00 e. The Bertz CT molecular complexity index is 518. The summed E-state index contributed by atoms with van der Waals surface area (Å²) >= 11 is 2.42. The van der Waals surface area contributed by atoms with Crippen molar-refractivity contribution in [1.29, 1.82) is 0 Å². The first-order valence-electron chi connectivity index (χ1n) is 3.97. The molecule has 2 rings (SSSR count). The van der Waals surface area contributed by atoms with Gasteiger partial charge in [0.2, 0.25) is 0 Å². The average Bonchev–Trinajstić information content (AvgIpc) is 2.66. The summed E-state index contributed by atoms with van der Waals surface area (Å²) in [5.74, 6) is 0. The van der Waals surface area contributed by atoms with Gasteiger partial charge in [-0.15, -0.1) is 11.3 Å². The first-order chi connectivity index (χ1) is 7.16. The molecule has 0 N–H and O–H groups in total. The summed E-state index contributed by atoms with van der Waals surface area (Å²) in [4.78, 5) is 4.01. The molecule has 0 amide bonds. The van der Waals surface area contributed by atoms with E-state index < -0.39 is 11.1 Å². The second-order valence-corrected chi connectivity index (χ2v) is 5.40. The van der Waals surface area contributed by atoms with Crippen LogP contribution in [0.1, 0.15) is 0 Å². The first kappa shape index (κ1) is 14.5. The number of hydrogen-bond acceptors (Lipinski definition) is 4. The maximum absolute atomic E-state index is 10.6. The van der Waals surface area contributed by atoms with Crippen LogP contribution in [-0.4, -0.2) is 13.7 Å². The van der Waals surface area contributed by atoms with Crippen LogP contribution in [0, 0.1) is 0 Å². The molecule has 0 saturated heterocycles. The van der Waals surface area contributed by atoms with Crippen LogP contribution in [0.5, 0.6) is 0 Å². The Morgan fingerprint density at radius 3 is 2.75 bits per heavy atom. The molecule has 16 heavy (non-hydrogen) atoms. The van der Waals surface area contributed by atoms with Crippen LogP contribution in [0.25, 0.3) is 10.6 Å². The molecule has 1 aromatic heterocycles. The van der Waals surface area contributed by atoms with Gasteiger partial charge in [0.1, 0.15) is 10.0 Å². The topological polar surface area (TPSA) is 53.0 Å². The van der Waals surface area contributed by atoms with E-state index in [4.69, 9.17) is 0 Å². The van der Waals surface area contributed by atoms with Gasteiger partial charge in [0.05, 0.1) is 0 Å². The number of benzene rings is 1. The minimum atomic E-state index is -2.25. The van der Waals surface area contributed by atoms with E-state index in [2.05, 4.69) is 20.9 Å². The van der Waals surface area contributed by atoms with Gasteiger partial charge in [-0.05, 0) is 23.2 Å². The number of rotatable bonds is 2. The largest absolute Gasteiger partial charge is 1.00 e. The zero-order valence-corrected chi connectivity index (χ0v) is 13.6. The first-order valence-corrected chi connectivity index (χ1v) is 6.72. The number of thiazole rings is 1. The Morgan fingerprint density at radius 1 is 1.44 bits per heavy atom. The third-order valence-electron chi connectivity index (χ3n) is 1.73. The molecule has 1 aromatic carbocycles. The van der Waals surface area contributed by atoms with Gasteiger partial charge in [0.15, 0.2) is 0 Å². The monoisotopic (exact) mass is 325 g/mol. The van der Waals surface area contributed by atoms with Crippen molar-refractivity contribution in [2.45, 2.75) is 5.03 Å². The molecule has 78 valence electrons. The third kappa shape index (κ3) is 3.46. The summed E-state index contributed by atoms with van der Waals surface area (Å²) in [6.07, 6.45) is 0. The normalized spacial score (nSPS) is 11.9. The van der Waals surface area contributed by atoms with E-state index in [9.17, 15) is 8.76 Å². The average molecular weight is 326 g/mol. The zero-order valence-electron chi connectivity index (χ0n) is 8.34. The van der Waals surface area contributed by atoms with Crippen molar-refractivity contribution in [2.75, 3.05) is 0 Å². The minimum Gasteiger partial charge on any atom is -0.767 e. The molecule has 0 fully saturated rings. The van der Waals surface area contributed by atoms with Crippen LogP contribution in [0.4, 0.5) is 0 Å². The molecule has 0 aliphatic carbocycles. The maximum atomic E-state index is 10.6. The van der Waals surface area contributed by atoms with Crippen molar-refractivity contribution >= 4 is 38.3 Å². The predicted molar refractivity (Wildman–Crippen MR) is 62.4 cm³/mol. The summed E-state index contributed by atoms with van der Waals surface area (Å²) < 4.78 is 22.2. The predicted octanol–water partition coefficient (Wildman–Crippen LogP) is -0.185. The van der Waals surface area contributed by atoms with Crippen molar-refractivity contribution in [3.8, 4) is 10.6 Å². The van der Waals surface area contributed by atoms with Crippen molar-refractivity contribution < 1.29 is 38.3 Å². The molecule has 1 atom stereocenters. The fourth-order valence-corrected chi connectivity index (χ4v) is 2.85. The van der Waals surface area contributed by atoms with Crippen LogP contribution in [-0.2, 0) is 11.1 Å². The van der Waals surface area contributed by atoms with E-state index in [1.54, 1.807) is 0 Å². The molecule has 0 aliphatic rings. The fourth-order valence-electron chi connectivity index (χ4n) is 1.09. The molecule has 1 heterocycles. The summed E-state index contributed by atoms with van der Waals surface area (Å²) in [6, 6.07) is 7.58. The molecule has 0 aliphatic heterocycles. The number of aromatic nitrogens is 1. The van der Waals surface area contributed by atoms with Gasteiger partial charge >= 0.3 is 29.6 Å².